The van der Waals surface area contributed by atoms with Gasteiger partial charge in [-0.05, 0) is 17.7 Å². The largest absolute Gasteiger partial charge is 0.497 e. The lowest BCUT2D eigenvalue weighted by Crippen LogP contribution is -2.27. The van der Waals surface area contributed by atoms with Crippen molar-refractivity contribution >= 4 is 22.2 Å². The first kappa shape index (κ1) is 14.6. The van der Waals surface area contributed by atoms with E-state index < -0.39 is 0 Å². The summed E-state index contributed by atoms with van der Waals surface area (Å²) in [6, 6.07) is 7.56. The Morgan fingerprint density at radius 2 is 2.36 bits per heavy atom. The predicted molar refractivity (Wildman–Crippen MR) is 86.5 cm³/mol. The highest BCUT2D eigenvalue weighted by Gasteiger charge is 2.06. The highest BCUT2D eigenvalue weighted by atomic mass is 32.1. The van der Waals surface area contributed by atoms with Gasteiger partial charge in [0.25, 0.3) is 0 Å². The summed E-state index contributed by atoms with van der Waals surface area (Å²) in [5, 5.41) is 4.93. The molecule has 22 heavy (non-hydrogen) atoms. The third kappa shape index (κ3) is 3.46. The summed E-state index contributed by atoms with van der Waals surface area (Å²) in [5.41, 5.74) is 1.94. The van der Waals surface area contributed by atoms with Gasteiger partial charge in [-0.2, -0.15) is 0 Å². The third-order valence-corrected chi connectivity index (χ3v) is 4.12. The van der Waals surface area contributed by atoms with Crippen molar-refractivity contribution in [2.24, 2.45) is 0 Å². The third-order valence-electron chi connectivity index (χ3n) is 3.35. The Morgan fingerprint density at radius 1 is 1.45 bits per heavy atom. The molecule has 2 heterocycles. The van der Waals surface area contributed by atoms with Crippen LogP contribution in [0.1, 0.15) is 11.3 Å². The van der Waals surface area contributed by atoms with Crippen molar-refractivity contribution in [3.05, 3.63) is 53.3 Å². The second-order valence-corrected chi connectivity index (χ2v) is 5.83. The molecule has 5 nitrogen and oxygen atoms in total. The van der Waals surface area contributed by atoms with Crippen molar-refractivity contribution < 1.29 is 9.53 Å². The molecule has 0 saturated heterocycles. The molecule has 3 rings (SSSR count). The summed E-state index contributed by atoms with van der Waals surface area (Å²) >= 11 is 1.61. The van der Waals surface area contributed by atoms with Crippen LogP contribution in [-0.4, -0.2) is 28.9 Å². The van der Waals surface area contributed by atoms with Crippen LogP contribution in [0.15, 0.2) is 42.0 Å². The maximum absolute atomic E-state index is 11.9. The van der Waals surface area contributed by atoms with Gasteiger partial charge in [0.2, 0.25) is 5.91 Å². The van der Waals surface area contributed by atoms with E-state index in [1.165, 1.54) is 0 Å². The van der Waals surface area contributed by atoms with Gasteiger partial charge in [-0.3, -0.25) is 9.20 Å². The van der Waals surface area contributed by atoms with E-state index in [4.69, 9.17) is 4.74 Å². The van der Waals surface area contributed by atoms with Crippen LogP contribution in [0.25, 0.3) is 4.96 Å². The number of hydrogen-bond acceptors (Lipinski definition) is 4. The number of hydrogen-bond donors (Lipinski definition) is 1. The summed E-state index contributed by atoms with van der Waals surface area (Å²) in [6.45, 7) is 0.591. The van der Waals surface area contributed by atoms with E-state index in [2.05, 4.69) is 10.3 Å². The van der Waals surface area contributed by atoms with Crippen molar-refractivity contribution in [1.29, 1.82) is 0 Å². The second kappa shape index (κ2) is 6.62. The van der Waals surface area contributed by atoms with Crippen LogP contribution in [0, 0.1) is 0 Å². The molecule has 0 aliphatic rings. The fourth-order valence-electron chi connectivity index (χ4n) is 2.26. The number of aromatic nitrogens is 2. The van der Waals surface area contributed by atoms with Crippen molar-refractivity contribution in [2.45, 2.75) is 12.8 Å². The number of rotatable bonds is 6. The Kier molecular flexibility index (Phi) is 4.39. The smallest absolute Gasteiger partial charge is 0.224 e. The fraction of sp³-hybridized carbons (Fsp3) is 0.250. The maximum Gasteiger partial charge on any atom is 0.224 e. The summed E-state index contributed by atoms with van der Waals surface area (Å²) < 4.78 is 7.15. The van der Waals surface area contributed by atoms with Crippen molar-refractivity contribution in [3.63, 3.8) is 0 Å². The molecule has 1 amide bonds. The van der Waals surface area contributed by atoms with E-state index in [1.54, 1.807) is 18.4 Å². The van der Waals surface area contributed by atoms with E-state index in [-0.39, 0.29) is 5.91 Å². The zero-order chi connectivity index (χ0) is 15.4. The number of imidazole rings is 1. The molecular formula is C16H17N3O2S. The first-order chi connectivity index (χ1) is 10.7. The molecule has 3 aromatic rings. The molecule has 0 bridgehead atoms. The Labute approximate surface area is 132 Å². The molecule has 0 spiro atoms. The van der Waals surface area contributed by atoms with Gasteiger partial charge in [-0.1, -0.05) is 12.1 Å². The number of fused-ring (bicyclic) bond motifs is 1. The van der Waals surface area contributed by atoms with Gasteiger partial charge in [0, 0.05) is 30.7 Å². The molecule has 0 fully saturated rings. The molecule has 0 radical (unpaired) electrons. The number of benzene rings is 1. The molecule has 1 N–H and O–H groups in total. The average Bonchev–Trinajstić information content (AvgIpc) is 3.08. The Bertz CT molecular complexity index is 750. The molecule has 0 unspecified atom stereocenters. The average molecular weight is 315 g/mol. The van der Waals surface area contributed by atoms with E-state index in [1.807, 2.05) is 46.4 Å². The Morgan fingerprint density at radius 3 is 3.18 bits per heavy atom. The molecule has 6 heteroatoms. The van der Waals surface area contributed by atoms with Crippen LogP contribution in [0.5, 0.6) is 5.75 Å². The lowest BCUT2D eigenvalue weighted by Gasteiger charge is -2.06. The number of thiazole rings is 1. The second-order valence-electron chi connectivity index (χ2n) is 4.95. The first-order valence-electron chi connectivity index (χ1n) is 7.05. The monoisotopic (exact) mass is 315 g/mol. The number of amides is 1. The molecule has 0 saturated carbocycles. The minimum absolute atomic E-state index is 0.00859. The SMILES string of the molecule is COc1cccc(CC(=O)NCCc2cn3ccsc3n2)c1. The van der Waals surface area contributed by atoms with E-state index in [9.17, 15) is 4.79 Å². The van der Waals surface area contributed by atoms with Crippen molar-refractivity contribution in [1.82, 2.24) is 14.7 Å². The number of methoxy groups -OCH3 is 1. The number of ether oxygens (including phenoxy) is 1. The maximum atomic E-state index is 11.9. The van der Waals surface area contributed by atoms with Gasteiger partial charge in [0.1, 0.15) is 5.75 Å². The highest BCUT2D eigenvalue weighted by Crippen LogP contribution is 2.13. The summed E-state index contributed by atoms with van der Waals surface area (Å²) in [6.07, 6.45) is 5.08. The Balaban J connectivity index is 1.48. The van der Waals surface area contributed by atoms with Crippen LogP contribution in [0.4, 0.5) is 0 Å². The van der Waals surface area contributed by atoms with Crippen LogP contribution in [-0.2, 0) is 17.6 Å². The minimum atomic E-state index is 0.00859. The molecular weight excluding hydrogens is 298 g/mol. The number of carbonyl (C=O) groups is 1. The molecule has 114 valence electrons. The first-order valence-corrected chi connectivity index (χ1v) is 7.93. The molecule has 2 aromatic heterocycles. The number of carbonyl (C=O) groups excluding carboxylic acids is 1. The van der Waals surface area contributed by atoms with Gasteiger partial charge in [-0.15, -0.1) is 11.3 Å². The highest BCUT2D eigenvalue weighted by molar-refractivity contribution is 7.15. The minimum Gasteiger partial charge on any atom is -0.497 e. The van der Waals surface area contributed by atoms with Crippen LogP contribution >= 0.6 is 11.3 Å². The van der Waals surface area contributed by atoms with Gasteiger partial charge in [0.05, 0.1) is 19.2 Å². The summed E-state index contributed by atoms with van der Waals surface area (Å²) in [7, 11) is 1.62. The zero-order valence-corrected chi connectivity index (χ0v) is 13.1. The summed E-state index contributed by atoms with van der Waals surface area (Å²) in [5.74, 6) is 0.776. The number of nitrogens with one attached hydrogen (secondary N) is 1. The summed E-state index contributed by atoms with van der Waals surface area (Å²) in [4.78, 5) is 17.4. The van der Waals surface area contributed by atoms with Crippen molar-refractivity contribution in [2.75, 3.05) is 13.7 Å². The Hall–Kier alpha value is -2.34. The molecule has 0 aliphatic carbocycles. The standard InChI is InChI=1S/C16H17N3O2S/c1-21-14-4-2-3-12(9-14)10-15(20)17-6-5-13-11-19-7-8-22-16(19)18-13/h2-4,7-9,11H,5-6,10H2,1H3,(H,17,20). The predicted octanol–water partition coefficient (Wildman–Crippen LogP) is 2.31. The number of nitrogens with zero attached hydrogens (tertiary/aromatic N) is 2. The molecule has 1 aromatic carbocycles. The quantitative estimate of drug-likeness (QED) is 0.759. The molecule has 0 atom stereocenters. The molecule has 0 aliphatic heterocycles. The van der Waals surface area contributed by atoms with Gasteiger partial charge in [-0.25, -0.2) is 4.98 Å². The normalized spacial score (nSPS) is 10.8. The van der Waals surface area contributed by atoms with Crippen LogP contribution < -0.4 is 10.1 Å². The van der Waals surface area contributed by atoms with Crippen LogP contribution in [0.2, 0.25) is 0 Å². The van der Waals surface area contributed by atoms with E-state index in [0.29, 0.717) is 13.0 Å². The van der Waals surface area contributed by atoms with Crippen molar-refractivity contribution in [3.8, 4) is 5.75 Å². The fourth-order valence-corrected chi connectivity index (χ4v) is 2.98. The lowest BCUT2D eigenvalue weighted by molar-refractivity contribution is -0.120. The van der Waals surface area contributed by atoms with E-state index >= 15 is 0 Å². The zero-order valence-electron chi connectivity index (χ0n) is 12.3. The van der Waals surface area contributed by atoms with Crippen LogP contribution in [0.3, 0.4) is 0 Å². The lowest BCUT2D eigenvalue weighted by atomic mass is 10.1. The van der Waals surface area contributed by atoms with Gasteiger partial charge in [0.15, 0.2) is 4.96 Å². The topological polar surface area (TPSA) is 55.6 Å². The van der Waals surface area contributed by atoms with Gasteiger partial charge < -0.3 is 10.1 Å². The van der Waals surface area contributed by atoms with E-state index in [0.717, 1.165) is 28.4 Å². The van der Waals surface area contributed by atoms with Gasteiger partial charge >= 0.3 is 0 Å².